The highest BCUT2D eigenvalue weighted by Gasteiger charge is 2.30. The van der Waals surface area contributed by atoms with Crippen LogP contribution < -0.4 is 14.4 Å². The number of hydrogen-bond donors (Lipinski definition) is 0. The van der Waals surface area contributed by atoms with Gasteiger partial charge in [0, 0.05) is 19.2 Å². The van der Waals surface area contributed by atoms with Crippen molar-refractivity contribution in [2.75, 3.05) is 46.3 Å². The number of amides is 1. The van der Waals surface area contributed by atoms with Gasteiger partial charge in [0.15, 0.2) is 16.6 Å². The van der Waals surface area contributed by atoms with Gasteiger partial charge in [-0.05, 0) is 32.6 Å². The number of likely N-dealkylation sites (N-methyl/N-ethyl adjacent to an activating group) is 1. The third-order valence-corrected chi connectivity index (χ3v) is 6.40. The average Bonchev–Trinajstić information content (AvgIpc) is 3.21. The number of fused-ring (bicyclic) bond motifs is 1. The van der Waals surface area contributed by atoms with Crippen LogP contribution in [0, 0.1) is 17.0 Å². The molecule has 3 aromatic rings. The fourth-order valence-electron chi connectivity index (χ4n) is 3.13. The molecule has 0 radical (unpaired) electrons. The predicted molar refractivity (Wildman–Crippen MR) is 126 cm³/mol. The zero-order valence-electron chi connectivity index (χ0n) is 18.3. The molecular weight excluding hydrogens is 456 g/mol. The fraction of sp³-hybridized carbons (Fsp3) is 0.333. The van der Waals surface area contributed by atoms with Crippen molar-refractivity contribution in [2.24, 2.45) is 0 Å². The summed E-state index contributed by atoms with van der Waals surface area (Å²) in [7, 11) is 6.53. The quantitative estimate of drug-likeness (QED) is 0.349. The minimum absolute atomic E-state index is 0.117. The molecule has 0 aliphatic heterocycles. The molecule has 1 amide bonds. The largest absolute Gasteiger partial charge is 0.493 e. The van der Waals surface area contributed by atoms with E-state index in [4.69, 9.17) is 21.1 Å². The van der Waals surface area contributed by atoms with Crippen molar-refractivity contribution < 1.29 is 19.2 Å². The van der Waals surface area contributed by atoms with Crippen molar-refractivity contribution in [3.8, 4) is 11.5 Å². The lowest BCUT2D eigenvalue weighted by atomic mass is 10.1. The number of halogens is 1. The average molecular weight is 479 g/mol. The van der Waals surface area contributed by atoms with Gasteiger partial charge in [0.2, 0.25) is 0 Å². The molecular formula is C21H23ClN4O5S. The van der Waals surface area contributed by atoms with E-state index in [1.165, 1.54) is 42.6 Å². The van der Waals surface area contributed by atoms with Crippen molar-refractivity contribution in [1.82, 2.24) is 9.88 Å². The molecule has 0 spiro atoms. The Morgan fingerprint density at radius 2 is 1.84 bits per heavy atom. The van der Waals surface area contributed by atoms with E-state index >= 15 is 0 Å². The number of aromatic nitrogens is 1. The Kier molecular flexibility index (Phi) is 7.17. The number of carbonyl (C=O) groups is 1. The van der Waals surface area contributed by atoms with Crippen LogP contribution in [0.1, 0.15) is 15.9 Å². The van der Waals surface area contributed by atoms with Gasteiger partial charge in [-0.25, -0.2) is 4.98 Å². The van der Waals surface area contributed by atoms with E-state index < -0.39 is 10.8 Å². The molecule has 0 aliphatic carbocycles. The van der Waals surface area contributed by atoms with E-state index in [0.717, 1.165) is 10.3 Å². The number of aryl methyl sites for hydroxylation is 1. The Bertz CT molecular complexity index is 1140. The van der Waals surface area contributed by atoms with Crippen molar-refractivity contribution in [3.05, 3.63) is 50.5 Å². The molecule has 3 rings (SSSR count). The Morgan fingerprint density at radius 1 is 1.19 bits per heavy atom. The maximum atomic E-state index is 13.6. The van der Waals surface area contributed by atoms with Gasteiger partial charge in [0.25, 0.3) is 11.6 Å². The van der Waals surface area contributed by atoms with Gasteiger partial charge in [-0.15, -0.1) is 0 Å². The van der Waals surface area contributed by atoms with Crippen LogP contribution in [0.5, 0.6) is 11.5 Å². The highest BCUT2D eigenvalue weighted by Crippen LogP contribution is 2.38. The van der Waals surface area contributed by atoms with Crippen LogP contribution >= 0.6 is 22.9 Å². The summed E-state index contributed by atoms with van der Waals surface area (Å²) in [6.07, 6.45) is 0. The molecule has 1 aromatic heterocycles. The standard InChI is InChI=1S/C21H23ClN4O5S/c1-12-6-7-14(22)19-18(12)23-21(32-19)25(9-8-24(2)3)20(27)13-10-16(30-4)17(31-5)11-15(13)26(28)29/h6-7,10-11H,8-9H2,1-5H3. The van der Waals surface area contributed by atoms with E-state index in [1.807, 2.05) is 32.0 Å². The maximum absolute atomic E-state index is 13.6. The maximum Gasteiger partial charge on any atom is 0.286 e. The second kappa shape index (κ2) is 9.68. The first kappa shape index (κ1) is 23.7. The summed E-state index contributed by atoms with van der Waals surface area (Å²) in [5.74, 6) is -0.178. The van der Waals surface area contributed by atoms with E-state index in [-0.39, 0.29) is 29.3 Å². The van der Waals surface area contributed by atoms with Crippen molar-refractivity contribution in [1.29, 1.82) is 0 Å². The van der Waals surface area contributed by atoms with Gasteiger partial charge >= 0.3 is 0 Å². The zero-order valence-corrected chi connectivity index (χ0v) is 19.9. The monoisotopic (exact) mass is 478 g/mol. The van der Waals surface area contributed by atoms with Crippen molar-refractivity contribution >= 4 is 49.9 Å². The number of carbonyl (C=O) groups excluding carboxylic acids is 1. The lowest BCUT2D eigenvalue weighted by Gasteiger charge is -2.22. The number of thiazole rings is 1. The summed E-state index contributed by atoms with van der Waals surface area (Å²) >= 11 is 7.62. The molecule has 170 valence electrons. The van der Waals surface area contributed by atoms with Gasteiger partial charge < -0.3 is 14.4 Å². The molecule has 0 unspecified atom stereocenters. The van der Waals surface area contributed by atoms with Crippen LogP contribution in [-0.4, -0.2) is 62.1 Å². The Balaban J connectivity index is 2.17. The molecule has 0 fully saturated rings. The smallest absolute Gasteiger partial charge is 0.286 e. The van der Waals surface area contributed by atoms with Crippen LogP contribution in [-0.2, 0) is 0 Å². The highest BCUT2D eigenvalue weighted by molar-refractivity contribution is 7.23. The highest BCUT2D eigenvalue weighted by atomic mass is 35.5. The van der Waals surface area contributed by atoms with E-state index in [9.17, 15) is 14.9 Å². The van der Waals surface area contributed by atoms with Crippen LogP contribution in [0.3, 0.4) is 0 Å². The van der Waals surface area contributed by atoms with Crippen LogP contribution in [0.25, 0.3) is 10.2 Å². The van der Waals surface area contributed by atoms with Gasteiger partial charge in [0.1, 0.15) is 5.56 Å². The van der Waals surface area contributed by atoms with E-state index in [1.54, 1.807) is 6.07 Å². The zero-order chi connectivity index (χ0) is 23.6. The number of nitro benzene ring substituents is 1. The second-order valence-corrected chi connectivity index (χ2v) is 8.66. The minimum Gasteiger partial charge on any atom is -0.493 e. The number of ether oxygens (including phenoxy) is 2. The van der Waals surface area contributed by atoms with E-state index in [0.29, 0.717) is 22.2 Å². The van der Waals surface area contributed by atoms with Gasteiger partial charge in [-0.1, -0.05) is 29.0 Å². The summed E-state index contributed by atoms with van der Waals surface area (Å²) in [6, 6.07) is 6.16. The number of benzene rings is 2. The van der Waals surface area contributed by atoms with E-state index in [2.05, 4.69) is 4.98 Å². The molecule has 32 heavy (non-hydrogen) atoms. The molecule has 0 saturated heterocycles. The number of nitro groups is 1. The molecule has 0 aliphatic rings. The Hall–Kier alpha value is -2.95. The first-order chi connectivity index (χ1) is 15.2. The van der Waals surface area contributed by atoms with Gasteiger partial charge in [0.05, 0.1) is 40.4 Å². The molecule has 0 bridgehead atoms. The lowest BCUT2D eigenvalue weighted by Crippen LogP contribution is -2.37. The molecule has 2 aromatic carbocycles. The van der Waals surface area contributed by atoms with Crippen LogP contribution in [0.2, 0.25) is 5.02 Å². The third kappa shape index (κ3) is 4.62. The van der Waals surface area contributed by atoms with Gasteiger partial charge in [-0.2, -0.15) is 0 Å². The number of anilines is 1. The molecule has 0 N–H and O–H groups in total. The fourth-order valence-corrected chi connectivity index (χ4v) is 4.47. The number of nitrogens with zero attached hydrogens (tertiary/aromatic N) is 4. The molecule has 0 saturated carbocycles. The first-order valence-corrected chi connectivity index (χ1v) is 10.8. The first-order valence-electron chi connectivity index (χ1n) is 9.60. The molecule has 11 heteroatoms. The number of hydrogen-bond acceptors (Lipinski definition) is 8. The van der Waals surface area contributed by atoms with Crippen molar-refractivity contribution in [2.45, 2.75) is 6.92 Å². The van der Waals surface area contributed by atoms with Crippen molar-refractivity contribution in [3.63, 3.8) is 0 Å². The molecule has 1 heterocycles. The molecule has 0 atom stereocenters. The van der Waals surface area contributed by atoms with Gasteiger partial charge in [-0.3, -0.25) is 19.8 Å². The van der Waals surface area contributed by atoms with Crippen LogP contribution in [0.4, 0.5) is 10.8 Å². The number of rotatable bonds is 8. The Labute approximate surface area is 194 Å². The summed E-state index contributed by atoms with van der Waals surface area (Å²) in [6.45, 7) is 2.70. The lowest BCUT2D eigenvalue weighted by molar-refractivity contribution is -0.385. The molecule has 9 nitrogen and oxygen atoms in total. The summed E-state index contributed by atoms with van der Waals surface area (Å²) < 4.78 is 11.2. The SMILES string of the molecule is COc1cc(C(=O)N(CCN(C)C)c2nc3c(C)ccc(Cl)c3s2)c([N+](=O)[O-])cc1OC. The summed E-state index contributed by atoms with van der Waals surface area (Å²) in [4.78, 5) is 32.8. The number of methoxy groups -OCH3 is 2. The second-order valence-electron chi connectivity index (χ2n) is 7.28. The summed E-state index contributed by atoms with van der Waals surface area (Å²) in [5.41, 5.74) is 1.12. The minimum atomic E-state index is -0.612. The van der Waals surface area contributed by atoms with Crippen LogP contribution in [0.15, 0.2) is 24.3 Å². The predicted octanol–water partition coefficient (Wildman–Crippen LogP) is 4.39. The Morgan fingerprint density at radius 3 is 2.41 bits per heavy atom. The normalized spacial score (nSPS) is 11.1. The third-order valence-electron chi connectivity index (χ3n) is 4.86. The topological polar surface area (TPSA) is 98.0 Å². The summed E-state index contributed by atoms with van der Waals surface area (Å²) in [5, 5.41) is 12.7.